The minimum absolute atomic E-state index is 0.165. The first-order valence-electron chi connectivity index (χ1n) is 5.80. The van der Waals surface area contributed by atoms with Crippen LogP contribution in [0.2, 0.25) is 19.6 Å². The zero-order valence-electron chi connectivity index (χ0n) is 9.92. The molecule has 3 heteroatoms. The lowest BCUT2D eigenvalue weighted by Crippen LogP contribution is -2.33. The molecule has 1 N–H and O–H groups in total. The molecule has 0 spiro atoms. The van der Waals surface area contributed by atoms with Crippen molar-refractivity contribution in [1.29, 1.82) is 0 Å². The smallest absolute Gasteiger partial charge is 0.107 e. The van der Waals surface area contributed by atoms with Crippen molar-refractivity contribution < 1.29 is 9.84 Å². The summed E-state index contributed by atoms with van der Waals surface area (Å²) in [7, 11) is -1.18. The highest BCUT2D eigenvalue weighted by atomic mass is 28.3. The Bertz CT molecular complexity index is 177. The summed E-state index contributed by atoms with van der Waals surface area (Å²) in [4.78, 5) is 0. The largest absolute Gasteiger partial charge is 0.390 e. The predicted octanol–water partition coefficient (Wildman–Crippen LogP) is 2.57. The van der Waals surface area contributed by atoms with E-state index in [-0.39, 0.29) is 12.2 Å². The standard InChI is InChI=1S/C11H24O2Si/c1-5-6-7-8-9(12)10-11(13-10)14(2,3)4/h9-12H,5-8H2,1-4H3/t9-,10-,11-/m0/s1. The molecule has 0 aromatic carbocycles. The van der Waals surface area contributed by atoms with Crippen molar-refractivity contribution in [2.24, 2.45) is 0 Å². The molecule has 14 heavy (non-hydrogen) atoms. The molecule has 0 amide bonds. The number of hydrogen-bond acceptors (Lipinski definition) is 2. The molecule has 1 rings (SSSR count). The third-order valence-corrected chi connectivity index (χ3v) is 5.03. The van der Waals surface area contributed by atoms with Gasteiger partial charge in [-0.1, -0.05) is 45.8 Å². The molecule has 1 heterocycles. The maximum Gasteiger partial charge on any atom is 0.107 e. The van der Waals surface area contributed by atoms with Gasteiger partial charge in [0.15, 0.2) is 0 Å². The van der Waals surface area contributed by atoms with Crippen LogP contribution in [0, 0.1) is 0 Å². The summed E-state index contributed by atoms with van der Waals surface area (Å²) in [5.74, 6) is 0. The van der Waals surface area contributed by atoms with E-state index in [9.17, 15) is 5.11 Å². The van der Waals surface area contributed by atoms with Crippen molar-refractivity contribution in [2.75, 3.05) is 0 Å². The molecule has 84 valence electrons. The number of unbranched alkanes of at least 4 members (excludes halogenated alkanes) is 2. The van der Waals surface area contributed by atoms with Crippen LogP contribution in [0.5, 0.6) is 0 Å². The zero-order chi connectivity index (χ0) is 10.8. The van der Waals surface area contributed by atoms with Gasteiger partial charge < -0.3 is 9.84 Å². The van der Waals surface area contributed by atoms with Gasteiger partial charge in [0.1, 0.15) is 6.10 Å². The number of aliphatic hydroxyl groups is 1. The molecule has 1 aliphatic rings. The van der Waals surface area contributed by atoms with Gasteiger partial charge in [-0.2, -0.15) is 0 Å². The average Bonchev–Trinajstić information content (AvgIpc) is 2.81. The number of epoxide rings is 1. The van der Waals surface area contributed by atoms with E-state index < -0.39 is 8.07 Å². The third-order valence-electron chi connectivity index (χ3n) is 2.86. The van der Waals surface area contributed by atoms with Crippen molar-refractivity contribution >= 4 is 8.07 Å². The van der Waals surface area contributed by atoms with Gasteiger partial charge in [-0.05, 0) is 6.42 Å². The molecule has 0 unspecified atom stereocenters. The molecule has 3 atom stereocenters. The predicted molar refractivity (Wildman–Crippen MR) is 62.2 cm³/mol. The average molecular weight is 216 g/mol. The Labute approximate surface area is 88.7 Å². The Balaban J connectivity index is 2.19. The summed E-state index contributed by atoms with van der Waals surface area (Å²) in [6.07, 6.45) is 4.45. The third kappa shape index (κ3) is 3.37. The Morgan fingerprint density at radius 3 is 2.36 bits per heavy atom. The maximum absolute atomic E-state index is 9.85. The first kappa shape index (κ1) is 12.2. The molecular weight excluding hydrogens is 192 g/mol. The summed E-state index contributed by atoms with van der Waals surface area (Å²) in [5, 5.41) is 9.85. The van der Waals surface area contributed by atoms with Crippen molar-refractivity contribution in [3.05, 3.63) is 0 Å². The number of ether oxygens (including phenoxy) is 1. The van der Waals surface area contributed by atoms with E-state index in [4.69, 9.17) is 4.74 Å². The van der Waals surface area contributed by atoms with Crippen LogP contribution in [0.1, 0.15) is 32.6 Å². The van der Waals surface area contributed by atoms with Gasteiger partial charge in [0.05, 0.1) is 19.9 Å². The summed E-state index contributed by atoms with van der Waals surface area (Å²) >= 11 is 0. The van der Waals surface area contributed by atoms with Crippen LogP contribution in [0.4, 0.5) is 0 Å². The lowest BCUT2D eigenvalue weighted by Gasteiger charge is -2.13. The fraction of sp³-hybridized carbons (Fsp3) is 1.00. The van der Waals surface area contributed by atoms with E-state index in [0.717, 1.165) is 12.8 Å². The van der Waals surface area contributed by atoms with Crippen molar-refractivity contribution in [3.63, 3.8) is 0 Å². The van der Waals surface area contributed by atoms with Crippen molar-refractivity contribution in [2.45, 2.75) is 70.2 Å². The zero-order valence-corrected chi connectivity index (χ0v) is 10.9. The molecule has 2 nitrogen and oxygen atoms in total. The fourth-order valence-electron chi connectivity index (χ4n) is 1.88. The van der Waals surface area contributed by atoms with E-state index in [2.05, 4.69) is 26.6 Å². The van der Waals surface area contributed by atoms with Crippen molar-refractivity contribution in [3.8, 4) is 0 Å². The molecule has 1 fully saturated rings. The molecule has 0 aromatic rings. The highest BCUT2D eigenvalue weighted by Gasteiger charge is 2.51. The lowest BCUT2D eigenvalue weighted by atomic mass is 10.1. The normalized spacial score (nSPS) is 28.9. The van der Waals surface area contributed by atoms with Crippen LogP contribution in [0.3, 0.4) is 0 Å². The van der Waals surface area contributed by atoms with Crippen LogP contribution < -0.4 is 0 Å². The molecule has 1 saturated heterocycles. The van der Waals surface area contributed by atoms with E-state index >= 15 is 0 Å². The molecule has 0 aromatic heterocycles. The summed E-state index contributed by atoms with van der Waals surface area (Å²) in [6, 6.07) is 0. The van der Waals surface area contributed by atoms with Crippen molar-refractivity contribution in [1.82, 2.24) is 0 Å². The van der Waals surface area contributed by atoms with E-state index in [0.29, 0.717) is 5.73 Å². The van der Waals surface area contributed by atoms with Crippen LogP contribution in [0.25, 0.3) is 0 Å². The second kappa shape index (κ2) is 4.77. The molecule has 0 radical (unpaired) electrons. The van der Waals surface area contributed by atoms with Gasteiger partial charge in [0, 0.05) is 0 Å². The van der Waals surface area contributed by atoms with Gasteiger partial charge in [-0.25, -0.2) is 0 Å². The Hall–Kier alpha value is 0.137. The minimum atomic E-state index is -1.18. The Morgan fingerprint density at radius 2 is 1.93 bits per heavy atom. The Morgan fingerprint density at radius 1 is 1.29 bits per heavy atom. The minimum Gasteiger partial charge on any atom is -0.390 e. The summed E-state index contributed by atoms with van der Waals surface area (Å²) < 4.78 is 5.59. The molecule has 1 aliphatic heterocycles. The van der Waals surface area contributed by atoms with E-state index in [1.165, 1.54) is 12.8 Å². The molecule has 0 aliphatic carbocycles. The first-order chi connectivity index (χ1) is 6.46. The van der Waals surface area contributed by atoms with Gasteiger partial charge in [-0.15, -0.1) is 0 Å². The monoisotopic (exact) mass is 216 g/mol. The lowest BCUT2D eigenvalue weighted by molar-refractivity contribution is 0.123. The SMILES string of the molecule is CCCCC[C@H](O)[C@@H]1O[C@H]1[Si](C)(C)C. The molecule has 0 saturated carbocycles. The first-order valence-corrected chi connectivity index (χ1v) is 9.38. The van der Waals surface area contributed by atoms with Crippen LogP contribution in [-0.4, -0.2) is 31.1 Å². The maximum atomic E-state index is 9.85. The quantitative estimate of drug-likeness (QED) is 0.420. The van der Waals surface area contributed by atoms with E-state index in [1.54, 1.807) is 0 Å². The highest BCUT2D eigenvalue weighted by Crippen LogP contribution is 2.34. The molecular formula is C11H24O2Si. The van der Waals surface area contributed by atoms with Crippen LogP contribution in [-0.2, 0) is 4.74 Å². The van der Waals surface area contributed by atoms with Gasteiger partial charge in [0.2, 0.25) is 0 Å². The van der Waals surface area contributed by atoms with Gasteiger partial charge >= 0.3 is 0 Å². The van der Waals surface area contributed by atoms with Gasteiger partial charge in [0.25, 0.3) is 0 Å². The van der Waals surface area contributed by atoms with Crippen LogP contribution in [0.15, 0.2) is 0 Å². The highest BCUT2D eigenvalue weighted by molar-refractivity contribution is 6.78. The number of hydrogen-bond donors (Lipinski definition) is 1. The molecule has 0 bridgehead atoms. The number of aliphatic hydroxyl groups excluding tert-OH is 1. The Kier molecular flexibility index (Phi) is 4.16. The second-order valence-corrected chi connectivity index (χ2v) is 10.8. The fourth-order valence-corrected chi connectivity index (χ4v) is 3.65. The van der Waals surface area contributed by atoms with Crippen LogP contribution >= 0.6 is 0 Å². The van der Waals surface area contributed by atoms with E-state index in [1.807, 2.05) is 0 Å². The summed E-state index contributed by atoms with van der Waals surface area (Å²) in [6.45, 7) is 9.09. The topological polar surface area (TPSA) is 32.8 Å². The second-order valence-electron chi connectivity index (χ2n) is 5.45. The number of rotatable bonds is 6. The van der Waals surface area contributed by atoms with Gasteiger partial charge in [-0.3, -0.25) is 0 Å². The summed E-state index contributed by atoms with van der Waals surface area (Å²) in [5.41, 5.74) is 0.402.